The van der Waals surface area contributed by atoms with E-state index in [9.17, 15) is 8.42 Å². The molecular weight excluding hydrogens is 356 g/mol. The molecular formula is C11H14BrClN2O3S. The van der Waals surface area contributed by atoms with Crippen LogP contribution in [0, 0.1) is 5.92 Å². The molecule has 0 aromatic heterocycles. The van der Waals surface area contributed by atoms with Crippen LogP contribution in [-0.4, -0.2) is 37.5 Å². The van der Waals surface area contributed by atoms with E-state index in [1.807, 2.05) is 0 Å². The first-order chi connectivity index (χ1) is 8.86. The molecule has 1 atom stereocenters. The van der Waals surface area contributed by atoms with Crippen molar-refractivity contribution in [2.75, 3.05) is 25.4 Å². The van der Waals surface area contributed by atoms with Gasteiger partial charge in [0.1, 0.15) is 0 Å². The molecule has 0 saturated carbocycles. The molecule has 19 heavy (non-hydrogen) atoms. The summed E-state index contributed by atoms with van der Waals surface area (Å²) < 4.78 is 26.7. The van der Waals surface area contributed by atoms with Crippen molar-refractivity contribution in [1.82, 2.24) is 4.31 Å². The molecule has 106 valence electrons. The zero-order chi connectivity index (χ0) is 14.2. The van der Waals surface area contributed by atoms with Crippen molar-refractivity contribution in [2.24, 2.45) is 5.92 Å². The highest BCUT2D eigenvalue weighted by molar-refractivity contribution is 9.10. The van der Waals surface area contributed by atoms with Crippen LogP contribution >= 0.6 is 27.5 Å². The summed E-state index contributed by atoms with van der Waals surface area (Å²) >= 11 is 9.06. The van der Waals surface area contributed by atoms with Gasteiger partial charge in [0, 0.05) is 30.4 Å². The first-order valence-electron chi connectivity index (χ1n) is 5.71. The number of nitrogens with two attached hydrogens (primary N) is 1. The number of nitrogen functional groups attached to an aromatic ring is 1. The van der Waals surface area contributed by atoms with Gasteiger partial charge >= 0.3 is 0 Å². The largest absolute Gasteiger partial charge is 0.398 e. The van der Waals surface area contributed by atoms with E-state index in [1.54, 1.807) is 0 Å². The Labute approximate surface area is 125 Å². The first kappa shape index (κ1) is 15.1. The van der Waals surface area contributed by atoms with Gasteiger partial charge in [0.25, 0.3) is 0 Å². The minimum Gasteiger partial charge on any atom is -0.398 e. The minimum absolute atomic E-state index is 0.00905. The molecule has 1 aliphatic rings. The fourth-order valence-corrected chi connectivity index (χ4v) is 4.86. The molecule has 5 nitrogen and oxygen atoms in total. The van der Waals surface area contributed by atoms with E-state index in [1.165, 1.54) is 16.4 Å². The van der Waals surface area contributed by atoms with E-state index in [0.717, 1.165) is 0 Å². The third kappa shape index (κ3) is 2.90. The highest BCUT2D eigenvalue weighted by Gasteiger charge is 2.33. The van der Waals surface area contributed by atoms with Gasteiger partial charge in [-0.2, -0.15) is 4.31 Å². The summed E-state index contributed by atoms with van der Waals surface area (Å²) in [5.74, 6) is -0.00918. The summed E-state index contributed by atoms with van der Waals surface area (Å²) in [4.78, 5) is 0.0658. The molecule has 0 bridgehead atoms. The number of hydrogen-bond donors (Lipinski definition) is 2. The molecule has 1 aromatic rings. The lowest BCUT2D eigenvalue weighted by molar-refractivity contribution is 0.233. The van der Waals surface area contributed by atoms with Crippen molar-refractivity contribution >= 4 is 43.2 Å². The number of aliphatic hydroxyl groups excluding tert-OH is 1. The van der Waals surface area contributed by atoms with Crippen LogP contribution in [-0.2, 0) is 10.0 Å². The number of hydrogen-bond acceptors (Lipinski definition) is 4. The van der Waals surface area contributed by atoms with E-state index in [0.29, 0.717) is 24.0 Å². The average molecular weight is 370 g/mol. The summed E-state index contributed by atoms with van der Waals surface area (Å²) in [6.45, 7) is 0.703. The minimum atomic E-state index is -3.65. The summed E-state index contributed by atoms with van der Waals surface area (Å²) in [5, 5.41) is 9.37. The Bertz CT molecular complexity index is 594. The van der Waals surface area contributed by atoms with E-state index < -0.39 is 10.0 Å². The van der Waals surface area contributed by atoms with Gasteiger partial charge in [0.05, 0.1) is 9.37 Å². The van der Waals surface area contributed by atoms with Gasteiger partial charge in [0.15, 0.2) is 0 Å². The summed E-state index contributed by atoms with van der Waals surface area (Å²) in [5.41, 5.74) is 6.00. The van der Waals surface area contributed by atoms with Crippen LogP contribution in [0.25, 0.3) is 0 Å². The van der Waals surface area contributed by atoms with Crippen LogP contribution in [0.2, 0.25) is 5.02 Å². The monoisotopic (exact) mass is 368 g/mol. The zero-order valence-electron chi connectivity index (χ0n) is 10.0. The molecule has 1 fully saturated rings. The Morgan fingerprint density at radius 3 is 2.79 bits per heavy atom. The summed E-state index contributed by atoms with van der Waals surface area (Å²) in [6.07, 6.45) is 0.656. The maximum Gasteiger partial charge on any atom is 0.244 e. The lowest BCUT2D eigenvalue weighted by Gasteiger charge is -2.18. The Balaban J connectivity index is 2.41. The van der Waals surface area contributed by atoms with Crippen LogP contribution in [0.5, 0.6) is 0 Å². The van der Waals surface area contributed by atoms with Crippen LogP contribution < -0.4 is 5.73 Å². The maximum absolute atomic E-state index is 12.5. The van der Waals surface area contributed by atoms with Crippen molar-refractivity contribution in [3.8, 4) is 0 Å². The van der Waals surface area contributed by atoms with E-state index in [-0.39, 0.29) is 28.1 Å². The second kappa shape index (κ2) is 5.57. The van der Waals surface area contributed by atoms with Crippen LogP contribution in [0.1, 0.15) is 6.42 Å². The fraction of sp³-hybridized carbons (Fsp3) is 0.455. The van der Waals surface area contributed by atoms with Gasteiger partial charge in [0.2, 0.25) is 10.0 Å². The zero-order valence-corrected chi connectivity index (χ0v) is 13.2. The Kier molecular flexibility index (Phi) is 4.42. The third-order valence-electron chi connectivity index (χ3n) is 3.16. The third-order valence-corrected chi connectivity index (χ3v) is 6.41. The predicted molar refractivity (Wildman–Crippen MR) is 77.5 cm³/mol. The van der Waals surface area contributed by atoms with Crippen molar-refractivity contribution in [3.05, 3.63) is 21.6 Å². The van der Waals surface area contributed by atoms with Crippen LogP contribution in [0.4, 0.5) is 5.69 Å². The normalized spacial score (nSPS) is 20.9. The standard InChI is InChI=1S/C11H14BrClN2O3S/c12-11-9(14)3-8(13)4-10(11)19(17,18)15-2-1-7(5-15)6-16/h3-4,7,16H,1-2,5-6,14H2. The van der Waals surface area contributed by atoms with Crippen molar-refractivity contribution in [2.45, 2.75) is 11.3 Å². The molecule has 1 aromatic carbocycles. The van der Waals surface area contributed by atoms with E-state index in [2.05, 4.69) is 15.9 Å². The summed E-state index contributed by atoms with van der Waals surface area (Å²) in [6, 6.07) is 2.87. The van der Waals surface area contributed by atoms with Gasteiger partial charge in [-0.05, 0) is 40.4 Å². The number of anilines is 1. The molecule has 1 heterocycles. The van der Waals surface area contributed by atoms with E-state index >= 15 is 0 Å². The smallest absolute Gasteiger partial charge is 0.244 e. The van der Waals surface area contributed by atoms with Gasteiger partial charge in [-0.1, -0.05) is 11.6 Å². The topological polar surface area (TPSA) is 83.6 Å². The molecule has 0 spiro atoms. The molecule has 2 rings (SSSR count). The highest BCUT2D eigenvalue weighted by Crippen LogP contribution is 2.34. The molecule has 8 heteroatoms. The number of benzene rings is 1. The number of rotatable bonds is 3. The van der Waals surface area contributed by atoms with Gasteiger partial charge in [-0.15, -0.1) is 0 Å². The Morgan fingerprint density at radius 1 is 1.53 bits per heavy atom. The molecule has 1 aliphatic heterocycles. The first-order valence-corrected chi connectivity index (χ1v) is 8.33. The molecule has 0 aliphatic carbocycles. The SMILES string of the molecule is Nc1cc(Cl)cc(S(=O)(=O)N2CCC(CO)C2)c1Br. The second-order valence-electron chi connectivity index (χ2n) is 4.51. The molecule has 0 amide bonds. The van der Waals surface area contributed by atoms with Crippen LogP contribution in [0.3, 0.4) is 0 Å². The van der Waals surface area contributed by atoms with Gasteiger partial charge in [-0.3, -0.25) is 0 Å². The van der Waals surface area contributed by atoms with Crippen LogP contribution in [0.15, 0.2) is 21.5 Å². The number of halogens is 2. The van der Waals surface area contributed by atoms with Crippen molar-refractivity contribution in [1.29, 1.82) is 0 Å². The van der Waals surface area contributed by atoms with Gasteiger partial charge < -0.3 is 10.8 Å². The second-order valence-corrected chi connectivity index (χ2v) is 7.64. The highest BCUT2D eigenvalue weighted by atomic mass is 79.9. The predicted octanol–water partition coefficient (Wildman–Crippen LogP) is 1.69. The lowest BCUT2D eigenvalue weighted by Crippen LogP contribution is -2.29. The molecule has 1 unspecified atom stereocenters. The lowest BCUT2D eigenvalue weighted by atomic mass is 10.1. The maximum atomic E-state index is 12.5. The average Bonchev–Trinajstić information content (AvgIpc) is 2.83. The Hall–Kier alpha value is -0.340. The number of sulfonamides is 1. The molecule has 3 N–H and O–H groups in total. The number of nitrogens with zero attached hydrogens (tertiary/aromatic N) is 1. The molecule has 0 radical (unpaired) electrons. The quantitative estimate of drug-likeness (QED) is 0.794. The fourth-order valence-electron chi connectivity index (χ4n) is 2.08. The van der Waals surface area contributed by atoms with Crippen molar-refractivity contribution in [3.63, 3.8) is 0 Å². The Morgan fingerprint density at radius 2 is 2.21 bits per heavy atom. The van der Waals surface area contributed by atoms with Gasteiger partial charge in [-0.25, -0.2) is 8.42 Å². The summed E-state index contributed by atoms with van der Waals surface area (Å²) in [7, 11) is -3.65. The van der Waals surface area contributed by atoms with E-state index in [4.69, 9.17) is 22.4 Å². The molecule has 1 saturated heterocycles. The van der Waals surface area contributed by atoms with Crippen molar-refractivity contribution < 1.29 is 13.5 Å². The number of aliphatic hydroxyl groups is 1.